The summed E-state index contributed by atoms with van der Waals surface area (Å²) in [5.74, 6) is -2.72. The van der Waals surface area contributed by atoms with Crippen LogP contribution in [0.3, 0.4) is 0 Å². The molecule has 0 saturated heterocycles. The lowest BCUT2D eigenvalue weighted by molar-refractivity contribution is -0.141. The second-order valence-corrected chi connectivity index (χ2v) is 9.21. The number of amides is 1. The van der Waals surface area contributed by atoms with Crippen molar-refractivity contribution in [3.63, 3.8) is 0 Å². The van der Waals surface area contributed by atoms with E-state index in [0.29, 0.717) is 30.2 Å². The number of carbonyl (C=O) groups excluding carboxylic acids is 2. The number of halogens is 4. The molecular formula is C23H23BrF3N5O2. The molecule has 1 aromatic carbocycles. The standard InChI is InChI=1S/C23H23BrF3N5O2/c1-2-32-22-17(20(31-32)18(23(25,26)27)12-3-5-13(24)6-4-12)19(16(11-29-22)21(28)34)30-14-7-9-15(33)10-8-14/h3-6,11,14,18H,2,7-10H2,1H3,(H2,28,34)(H,29,30). The van der Waals surface area contributed by atoms with E-state index >= 15 is 0 Å². The van der Waals surface area contributed by atoms with Gasteiger partial charge in [0.1, 0.15) is 11.7 Å². The first-order chi connectivity index (χ1) is 16.1. The molecule has 180 valence electrons. The van der Waals surface area contributed by atoms with Crippen molar-refractivity contribution >= 4 is 44.3 Å². The Morgan fingerprint density at radius 2 is 1.91 bits per heavy atom. The molecule has 1 amide bonds. The third-order valence-corrected chi connectivity index (χ3v) is 6.58. The minimum Gasteiger partial charge on any atom is -0.381 e. The lowest BCUT2D eigenvalue weighted by atomic mass is 9.91. The molecule has 0 spiro atoms. The summed E-state index contributed by atoms with van der Waals surface area (Å²) < 4.78 is 45.5. The fraction of sp³-hybridized carbons (Fsp3) is 0.391. The third kappa shape index (κ3) is 4.66. The number of aryl methyl sites for hydroxylation is 1. The van der Waals surface area contributed by atoms with Gasteiger partial charge >= 0.3 is 6.18 Å². The van der Waals surface area contributed by atoms with E-state index in [2.05, 4.69) is 31.3 Å². The van der Waals surface area contributed by atoms with Crippen LogP contribution >= 0.6 is 15.9 Å². The van der Waals surface area contributed by atoms with Crippen molar-refractivity contribution in [2.45, 2.75) is 57.3 Å². The summed E-state index contributed by atoms with van der Waals surface area (Å²) in [5, 5.41) is 7.65. The Morgan fingerprint density at radius 3 is 2.47 bits per heavy atom. The van der Waals surface area contributed by atoms with E-state index in [1.54, 1.807) is 19.1 Å². The van der Waals surface area contributed by atoms with Gasteiger partial charge in [-0.25, -0.2) is 9.67 Å². The smallest absolute Gasteiger partial charge is 0.381 e. The summed E-state index contributed by atoms with van der Waals surface area (Å²) in [6.07, 6.45) is -1.65. The highest BCUT2D eigenvalue weighted by molar-refractivity contribution is 9.10. The predicted molar refractivity (Wildman–Crippen MR) is 125 cm³/mol. The number of primary amides is 1. The van der Waals surface area contributed by atoms with Crippen molar-refractivity contribution < 1.29 is 22.8 Å². The van der Waals surface area contributed by atoms with Crippen molar-refractivity contribution in [3.8, 4) is 0 Å². The van der Waals surface area contributed by atoms with Crippen LogP contribution < -0.4 is 11.1 Å². The third-order valence-electron chi connectivity index (χ3n) is 6.05. The average Bonchev–Trinajstić information content (AvgIpc) is 3.14. The van der Waals surface area contributed by atoms with Gasteiger partial charge in [0.05, 0.1) is 22.3 Å². The van der Waals surface area contributed by atoms with Gasteiger partial charge in [-0.15, -0.1) is 0 Å². The second-order valence-electron chi connectivity index (χ2n) is 8.29. The molecule has 1 atom stereocenters. The molecule has 1 saturated carbocycles. The van der Waals surface area contributed by atoms with E-state index in [0.717, 1.165) is 0 Å². The number of carbonyl (C=O) groups is 2. The molecule has 2 aromatic heterocycles. The number of fused-ring (bicyclic) bond motifs is 1. The molecular weight excluding hydrogens is 515 g/mol. The first-order valence-electron chi connectivity index (χ1n) is 10.9. The van der Waals surface area contributed by atoms with Crippen molar-refractivity contribution in [2.24, 2.45) is 5.73 Å². The summed E-state index contributed by atoms with van der Waals surface area (Å²) in [4.78, 5) is 28.2. The number of nitrogens with zero attached hydrogens (tertiary/aromatic N) is 3. The van der Waals surface area contributed by atoms with Crippen LogP contribution in [0.2, 0.25) is 0 Å². The number of nitrogens with two attached hydrogens (primary N) is 1. The van der Waals surface area contributed by atoms with Crippen LogP contribution in [0.25, 0.3) is 11.0 Å². The highest BCUT2D eigenvalue weighted by Gasteiger charge is 2.45. The average molecular weight is 538 g/mol. The number of benzene rings is 1. The van der Waals surface area contributed by atoms with Gasteiger partial charge in [0.15, 0.2) is 5.65 Å². The van der Waals surface area contributed by atoms with Gasteiger partial charge in [-0.2, -0.15) is 18.3 Å². The number of aromatic nitrogens is 3. The molecule has 3 N–H and O–H groups in total. The molecule has 0 radical (unpaired) electrons. The van der Waals surface area contributed by atoms with Crippen molar-refractivity contribution in [1.29, 1.82) is 0 Å². The normalized spacial score (nSPS) is 16.1. The van der Waals surface area contributed by atoms with Crippen molar-refractivity contribution in [2.75, 3.05) is 5.32 Å². The summed E-state index contributed by atoms with van der Waals surface area (Å²) >= 11 is 3.26. The Labute approximate surface area is 202 Å². The van der Waals surface area contributed by atoms with Crippen LogP contribution in [0.1, 0.15) is 60.1 Å². The SMILES string of the molecule is CCn1nc(C(c2ccc(Br)cc2)C(F)(F)F)c2c(NC3CCC(=O)CC3)c(C(N)=O)cnc21. The molecule has 1 aliphatic carbocycles. The first kappa shape index (κ1) is 24.2. The monoisotopic (exact) mass is 537 g/mol. The second kappa shape index (κ2) is 9.36. The van der Waals surface area contributed by atoms with Gasteiger partial charge in [-0.3, -0.25) is 9.59 Å². The fourth-order valence-corrected chi connectivity index (χ4v) is 4.64. The molecule has 2 heterocycles. The zero-order valence-electron chi connectivity index (χ0n) is 18.3. The topological polar surface area (TPSA) is 103 Å². The van der Waals surface area contributed by atoms with E-state index in [-0.39, 0.29) is 51.9 Å². The first-order valence-corrected chi connectivity index (χ1v) is 11.7. The van der Waals surface area contributed by atoms with Crippen molar-refractivity contribution in [1.82, 2.24) is 14.8 Å². The molecule has 1 fully saturated rings. The van der Waals surface area contributed by atoms with Gasteiger partial charge in [0.25, 0.3) is 5.91 Å². The minimum atomic E-state index is -4.66. The maximum Gasteiger partial charge on any atom is 0.401 e. The van der Waals surface area contributed by atoms with Crippen LogP contribution in [0.5, 0.6) is 0 Å². The van der Waals surface area contributed by atoms with E-state index < -0.39 is 18.0 Å². The van der Waals surface area contributed by atoms with Crippen LogP contribution in [-0.4, -0.2) is 38.7 Å². The quantitative estimate of drug-likeness (QED) is 0.464. The fourth-order valence-electron chi connectivity index (χ4n) is 4.37. The largest absolute Gasteiger partial charge is 0.401 e. The minimum absolute atomic E-state index is 0.0112. The molecule has 3 aromatic rings. The lowest BCUT2D eigenvalue weighted by Gasteiger charge is -2.25. The van der Waals surface area contributed by atoms with E-state index in [9.17, 15) is 22.8 Å². The number of rotatable bonds is 6. The Bertz CT molecular complexity index is 1230. The van der Waals surface area contributed by atoms with E-state index in [4.69, 9.17) is 5.73 Å². The Hall–Kier alpha value is -2.95. The predicted octanol–water partition coefficient (Wildman–Crippen LogP) is 4.93. The van der Waals surface area contributed by atoms with Crippen LogP contribution in [0.15, 0.2) is 34.9 Å². The van der Waals surface area contributed by atoms with Crippen LogP contribution in [0, 0.1) is 0 Å². The maximum atomic E-state index is 14.5. The number of anilines is 1. The van der Waals surface area contributed by atoms with Gasteiger partial charge in [0.2, 0.25) is 0 Å². The zero-order chi connectivity index (χ0) is 24.6. The lowest BCUT2D eigenvalue weighted by Crippen LogP contribution is -2.28. The number of nitrogens with one attached hydrogen (secondary N) is 1. The Kier molecular flexibility index (Phi) is 6.66. The molecule has 0 bridgehead atoms. The van der Waals surface area contributed by atoms with Crippen LogP contribution in [0.4, 0.5) is 18.9 Å². The Morgan fingerprint density at radius 1 is 1.26 bits per heavy atom. The molecule has 7 nitrogen and oxygen atoms in total. The van der Waals surface area contributed by atoms with Gasteiger partial charge in [0, 0.05) is 36.1 Å². The van der Waals surface area contributed by atoms with E-state index in [1.165, 1.54) is 23.0 Å². The van der Waals surface area contributed by atoms with Crippen molar-refractivity contribution in [3.05, 3.63) is 51.8 Å². The van der Waals surface area contributed by atoms with Gasteiger partial charge in [-0.05, 0) is 37.5 Å². The van der Waals surface area contributed by atoms with E-state index in [1.807, 2.05) is 0 Å². The number of hydrogen-bond donors (Lipinski definition) is 2. The molecule has 0 aliphatic heterocycles. The molecule has 1 unspecified atom stereocenters. The number of ketones is 1. The Balaban J connectivity index is 1.97. The van der Waals surface area contributed by atoms with Gasteiger partial charge in [-0.1, -0.05) is 28.1 Å². The number of pyridine rings is 1. The molecule has 4 rings (SSSR count). The highest BCUT2D eigenvalue weighted by atomic mass is 79.9. The summed E-state index contributed by atoms with van der Waals surface area (Å²) in [5.41, 5.74) is 5.73. The maximum absolute atomic E-state index is 14.5. The zero-order valence-corrected chi connectivity index (χ0v) is 19.9. The van der Waals surface area contributed by atoms with Crippen LogP contribution in [-0.2, 0) is 11.3 Å². The number of hydrogen-bond acceptors (Lipinski definition) is 5. The molecule has 34 heavy (non-hydrogen) atoms. The summed E-state index contributed by atoms with van der Waals surface area (Å²) in [7, 11) is 0. The van der Waals surface area contributed by atoms with Gasteiger partial charge < -0.3 is 11.1 Å². The molecule has 1 aliphatic rings. The number of alkyl halides is 3. The molecule has 11 heteroatoms. The highest BCUT2D eigenvalue weighted by Crippen LogP contribution is 2.44. The summed E-state index contributed by atoms with van der Waals surface area (Å²) in [6, 6.07) is 5.67. The summed E-state index contributed by atoms with van der Waals surface area (Å²) in [6.45, 7) is 2.03. The number of Topliss-reactive ketones (excluding diaryl/α,β-unsaturated/α-hetero) is 1.